The van der Waals surface area contributed by atoms with Crippen molar-refractivity contribution in [2.24, 2.45) is 5.41 Å². The molecule has 0 spiro atoms. The normalized spacial score (nSPS) is 25.9. The van der Waals surface area contributed by atoms with Crippen molar-refractivity contribution in [3.8, 4) is 0 Å². The van der Waals surface area contributed by atoms with Gasteiger partial charge in [0.2, 0.25) is 0 Å². The molecule has 0 amide bonds. The molecular weight excluding hydrogens is 256 g/mol. The second-order valence-electron chi connectivity index (χ2n) is 7.61. The summed E-state index contributed by atoms with van der Waals surface area (Å²) in [6, 6.07) is 9.77. The van der Waals surface area contributed by atoms with Gasteiger partial charge in [0, 0.05) is 18.3 Å². The summed E-state index contributed by atoms with van der Waals surface area (Å²) in [4.78, 5) is 2.56. The van der Waals surface area contributed by atoms with Gasteiger partial charge in [-0.15, -0.1) is 0 Å². The van der Waals surface area contributed by atoms with E-state index in [9.17, 15) is 0 Å². The van der Waals surface area contributed by atoms with Crippen LogP contribution < -0.4 is 5.32 Å². The van der Waals surface area contributed by atoms with Crippen molar-refractivity contribution in [3.63, 3.8) is 0 Å². The maximum Gasteiger partial charge on any atom is 0.0342 e. The zero-order valence-electron chi connectivity index (χ0n) is 13.7. The summed E-state index contributed by atoms with van der Waals surface area (Å²) in [6.07, 6.45) is 8.15. The van der Waals surface area contributed by atoms with E-state index in [1.165, 1.54) is 62.9 Å². The van der Waals surface area contributed by atoms with E-state index in [4.69, 9.17) is 0 Å². The van der Waals surface area contributed by atoms with E-state index in [1.807, 2.05) is 0 Å². The van der Waals surface area contributed by atoms with Gasteiger partial charge in [-0.3, -0.25) is 4.90 Å². The van der Waals surface area contributed by atoms with Crippen LogP contribution in [0.15, 0.2) is 24.3 Å². The van der Waals surface area contributed by atoms with Gasteiger partial charge < -0.3 is 5.32 Å². The van der Waals surface area contributed by atoms with Gasteiger partial charge in [-0.1, -0.05) is 38.8 Å². The molecule has 0 radical (unpaired) electrons. The van der Waals surface area contributed by atoms with Crippen LogP contribution in [0.4, 0.5) is 5.69 Å². The lowest BCUT2D eigenvalue weighted by atomic mass is 9.73. The molecule has 1 heterocycles. The Hall–Kier alpha value is -1.02. The quantitative estimate of drug-likeness (QED) is 0.865. The van der Waals surface area contributed by atoms with Gasteiger partial charge >= 0.3 is 0 Å². The van der Waals surface area contributed by atoms with Crippen LogP contribution in [0.2, 0.25) is 0 Å². The third-order valence-electron chi connectivity index (χ3n) is 5.41. The highest BCUT2D eigenvalue weighted by Crippen LogP contribution is 2.37. The van der Waals surface area contributed by atoms with Crippen LogP contribution in [0.25, 0.3) is 0 Å². The minimum atomic E-state index is 0.423. The number of rotatable bonds is 4. The fraction of sp³-hybridized carbons (Fsp3) is 0.684. The summed E-state index contributed by atoms with van der Waals surface area (Å²) in [5.41, 5.74) is 3.16. The molecule has 1 N–H and O–H groups in total. The first-order chi connectivity index (χ1) is 10.1. The number of benzene rings is 1. The molecule has 1 aromatic rings. The van der Waals surface area contributed by atoms with Gasteiger partial charge in [-0.25, -0.2) is 0 Å². The summed E-state index contributed by atoms with van der Waals surface area (Å²) in [5, 5.41) is 3.78. The van der Waals surface area contributed by atoms with Crippen molar-refractivity contribution in [1.29, 1.82) is 0 Å². The molecule has 116 valence electrons. The summed E-state index contributed by atoms with van der Waals surface area (Å²) in [5.74, 6) is 0. The molecular formula is C19H30N2. The van der Waals surface area contributed by atoms with Crippen LogP contribution in [0.5, 0.6) is 0 Å². The molecule has 2 heteroatoms. The summed E-state index contributed by atoms with van der Waals surface area (Å²) >= 11 is 0. The average Bonchev–Trinajstić information content (AvgIpc) is 2.96. The molecule has 0 bridgehead atoms. The van der Waals surface area contributed by atoms with Crippen LogP contribution in [-0.4, -0.2) is 24.0 Å². The molecule has 0 aromatic heterocycles. The minimum absolute atomic E-state index is 0.423. The number of likely N-dealkylation sites (tertiary alicyclic amines) is 1. The molecule has 1 aromatic carbocycles. The lowest BCUT2D eigenvalue weighted by Gasteiger charge is -2.39. The molecule has 1 saturated carbocycles. The smallest absolute Gasteiger partial charge is 0.0342 e. The second kappa shape index (κ2) is 6.39. The maximum atomic E-state index is 3.78. The molecule has 21 heavy (non-hydrogen) atoms. The number of hydrogen-bond donors (Lipinski definition) is 1. The lowest BCUT2D eigenvalue weighted by molar-refractivity contribution is 0.217. The first-order valence-corrected chi connectivity index (χ1v) is 8.71. The summed E-state index contributed by atoms with van der Waals surface area (Å²) < 4.78 is 0. The van der Waals surface area contributed by atoms with E-state index in [1.54, 1.807) is 0 Å². The molecule has 1 unspecified atom stereocenters. The Morgan fingerprint density at radius 1 is 1.05 bits per heavy atom. The van der Waals surface area contributed by atoms with Crippen LogP contribution in [-0.2, 0) is 6.54 Å². The maximum absolute atomic E-state index is 3.78. The second-order valence-corrected chi connectivity index (χ2v) is 7.61. The van der Waals surface area contributed by atoms with Crippen LogP contribution in [0, 0.1) is 5.41 Å². The van der Waals surface area contributed by atoms with Crippen LogP contribution in [0.3, 0.4) is 0 Å². The SMILES string of the molecule is CC1(C)CCCCC1Nc1ccc(CN2CCCC2)cc1. The molecule has 2 fully saturated rings. The van der Waals surface area contributed by atoms with E-state index in [0.29, 0.717) is 11.5 Å². The van der Waals surface area contributed by atoms with Crippen molar-refractivity contribution in [1.82, 2.24) is 4.90 Å². The molecule has 3 rings (SSSR count). The van der Waals surface area contributed by atoms with Gasteiger partial charge in [-0.05, 0) is 61.9 Å². The molecule has 2 nitrogen and oxygen atoms in total. The monoisotopic (exact) mass is 286 g/mol. The van der Waals surface area contributed by atoms with Crippen molar-refractivity contribution < 1.29 is 0 Å². The molecule has 2 aliphatic rings. The lowest BCUT2D eigenvalue weighted by Crippen LogP contribution is -2.38. The largest absolute Gasteiger partial charge is 0.382 e. The van der Waals surface area contributed by atoms with Crippen LogP contribution in [0.1, 0.15) is 57.9 Å². The van der Waals surface area contributed by atoms with E-state index in [0.717, 1.165) is 6.54 Å². The van der Waals surface area contributed by atoms with Crippen molar-refractivity contribution in [3.05, 3.63) is 29.8 Å². The molecule has 1 atom stereocenters. The van der Waals surface area contributed by atoms with Gasteiger partial charge in [0.25, 0.3) is 0 Å². The first kappa shape index (κ1) is 14.9. The highest BCUT2D eigenvalue weighted by molar-refractivity contribution is 5.46. The van der Waals surface area contributed by atoms with Gasteiger partial charge in [0.15, 0.2) is 0 Å². The Balaban J connectivity index is 1.58. The summed E-state index contributed by atoms with van der Waals surface area (Å²) in [7, 11) is 0. The zero-order chi connectivity index (χ0) is 14.7. The fourth-order valence-electron chi connectivity index (χ4n) is 3.87. The molecule has 1 saturated heterocycles. The topological polar surface area (TPSA) is 15.3 Å². The Labute approximate surface area is 129 Å². The van der Waals surface area contributed by atoms with Gasteiger partial charge in [0.1, 0.15) is 0 Å². The minimum Gasteiger partial charge on any atom is -0.382 e. The first-order valence-electron chi connectivity index (χ1n) is 8.71. The van der Waals surface area contributed by atoms with E-state index in [-0.39, 0.29) is 0 Å². The zero-order valence-corrected chi connectivity index (χ0v) is 13.7. The molecule has 1 aliphatic heterocycles. The fourth-order valence-corrected chi connectivity index (χ4v) is 3.87. The number of nitrogens with zero attached hydrogens (tertiary/aromatic N) is 1. The number of nitrogens with one attached hydrogen (secondary N) is 1. The molecule has 1 aliphatic carbocycles. The van der Waals surface area contributed by atoms with Crippen molar-refractivity contribution in [2.45, 2.75) is 65.0 Å². The van der Waals surface area contributed by atoms with Crippen molar-refractivity contribution >= 4 is 5.69 Å². The number of hydrogen-bond acceptors (Lipinski definition) is 2. The third-order valence-corrected chi connectivity index (χ3v) is 5.41. The number of anilines is 1. The average molecular weight is 286 g/mol. The van der Waals surface area contributed by atoms with E-state index < -0.39 is 0 Å². The standard InChI is InChI=1S/C19H30N2/c1-19(2)12-4-3-7-18(19)20-17-10-8-16(9-11-17)15-21-13-5-6-14-21/h8-11,18,20H,3-7,12-15H2,1-2H3. The van der Waals surface area contributed by atoms with Crippen molar-refractivity contribution in [2.75, 3.05) is 18.4 Å². The predicted octanol–water partition coefficient (Wildman–Crippen LogP) is 4.66. The Bertz CT molecular complexity index is 443. The predicted molar refractivity (Wildman–Crippen MR) is 90.6 cm³/mol. The highest BCUT2D eigenvalue weighted by atomic mass is 15.1. The Morgan fingerprint density at radius 2 is 1.76 bits per heavy atom. The highest BCUT2D eigenvalue weighted by Gasteiger charge is 2.31. The Kier molecular flexibility index (Phi) is 4.54. The van der Waals surface area contributed by atoms with Gasteiger partial charge in [-0.2, -0.15) is 0 Å². The van der Waals surface area contributed by atoms with E-state index in [2.05, 4.69) is 48.3 Å². The third kappa shape index (κ3) is 3.79. The Morgan fingerprint density at radius 3 is 2.43 bits per heavy atom. The van der Waals surface area contributed by atoms with E-state index >= 15 is 0 Å². The van der Waals surface area contributed by atoms with Gasteiger partial charge in [0.05, 0.1) is 0 Å². The van der Waals surface area contributed by atoms with Crippen LogP contribution >= 0.6 is 0 Å². The summed E-state index contributed by atoms with van der Waals surface area (Å²) in [6.45, 7) is 8.48.